The van der Waals surface area contributed by atoms with E-state index in [2.05, 4.69) is 5.38 Å². The third kappa shape index (κ3) is 3.82. The molecule has 1 aromatic rings. The number of hydrogen-bond acceptors (Lipinski definition) is 2. The van der Waals surface area contributed by atoms with Gasteiger partial charge >= 0.3 is 0 Å². The van der Waals surface area contributed by atoms with Gasteiger partial charge in [0.25, 0.3) is 0 Å². The van der Waals surface area contributed by atoms with Crippen LogP contribution in [-0.2, 0) is 19.4 Å². The molecule has 0 fully saturated rings. The predicted octanol–water partition coefficient (Wildman–Crippen LogP) is 4.43. The molecule has 0 aliphatic heterocycles. The summed E-state index contributed by atoms with van der Waals surface area (Å²) in [6.45, 7) is 0.728. The van der Waals surface area contributed by atoms with Gasteiger partial charge in [-0.15, -0.1) is 11.3 Å². The zero-order valence-corrected chi connectivity index (χ0v) is 11.7. The molecule has 0 saturated carbocycles. The van der Waals surface area contributed by atoms with Crippen molar-refractivity contribution in [3.05, 3.63) is 21.4 Å². The van der Waals surface area contributed by atoms with Gasteiger partial charge in [-0.1, -0.05) is 38.5 Å². The van der Waals surface area contributed by atoms with Crippen LogP contribution in [0.1, 0.15) is 67.4 Å². The van der Waals surface area contributed by atoms with Crippen molar-refractivity contribution in [2.45, 2.75) is 70.8 Å². The van der Waals surface area contributed by atoms with Gasteiger partial charge in [0.05, 0.1) is 0 Å². The summed E-state index contributed by atoms with van der Waals surface area (Å²) in [4.78, 5) is 1.63. The fourth-order valence-corrected chi connectivity index (χ4v) is 3.95. The summed E-state index contributed by atoms with van der Waals surface area (Å²) in [6, 6.07) is 0. The second kappa shape index (κ2) is 7.17. The van der Waals surface area contributed by atoms with Crippen molar-refractivity contribution in [1.29, 1.82) is 0 Å². The average Bonchev–Trinajstić information content (AvgIpc) is 2.71. The molecular weight excluding hydrogens is 226 g/mol. The molecule has 17 heavy (non-hydrogen) atoms. The zero-order valence-electron chi connectivity index (χ0n) is 10.8. The van der Waals surface area contributed by atoms with Gasteiger partial charge in [0, 0.05) is 11.4 Å². The minimum atomic E-state index is 0.728. The lowest BCUT2D eigenvalue weighted by Gasteiger charge is -2.09. The van der Waals surface area contributed by atoms with Crippen molar-refractivity contribution in [1.82, 2.24) is 0 Å². The molecule has 0 spiro atoms. The normalized spacial score (nSPS) is 19.1. The molecular formula is C15H25NS. The first-order valence-corrected chi connectivity index (χ1v) is 8.08. The van der Waals surface area contributed by atoms with Gasteiger partial charge in [0.1, 0.15) is 0 Å². The molecule has 2 N–H and O–H groups in total. The smallest absolute Gasteiger partial charge is 0.0189 e. The third-order valence-corrected chi connectivity index (χ3v) is 5.01. The maximum absolute atomic E-state index is 5.84. The third-order valence-electron chi connectivity index (χ3n) is 3.87. The van der Waals surface area contributed by atoms with Crippen molar-refractivity contribution >= 4 is 11.3 Å². The van der Waals surface area contributed by atoms with E-state index >= 15 is 0 Å². The second-order valence-corrected chi connectivity index (χ2v) is 6.16. The molecule has 0 bridgehead atoms. The number of hydrogen-bond donors (Lipinski definition) is 1. The van der Waals surface area contributed by atoms with Gasteiger partial charge in [0.15, 0.2) is 0 Å². The van der Waals surface area contributed by atoms with Crippen LogP contribution < -0.4 is 5.73 Å². The van der Waals surface area contributed by atoms with Crippen LogP contribution in [0.4, 0.5) is 0 Å². The van der Waals surface area contributed by atoms with Gasteiger partial charge in [0.2, 0.25) is 0 Å². The first-order chi connectivity index (χ1) is 8.42. The van der Waals surface area contributed by atoms with Crippen LogP contribution in [0.3, 0.4) is 0 Å². The van der Waals surface area contributed by atoms with Gasteiger partial charge in [-0.25, -0.2) is 0 Å². The molecule has 1 nitrogen and oxygen atoms in total. The summed E-state index contributed by atoms with van der Waals surface area (Å²) in [5.74, 6) is 0. The van der Waals surface area contributed by atoms with E-state index in [9.17, 15) is 0 Å². The van der Waals surface area contributed by atoms with Crippen LogP contribution in [0, 0.1) is 0 Å². The molecule has 2 heteroatoms. The molecule has 1 heterocycles. The van der Waals surface area contributed by atoms with Crippen LogP contribution in [0.2, 0.25) is 0 Å². The lowest BCUT2D eigenvalue weighted by molar-refractivity contribution is 0.561. The standard InChI is InChI=1S/C15H25NS/c16-11-13-12-17-15-10-8-6-4-2-1-3-5-7-9-14(13)15/h12H,1-11,16H2. The second-order valence-electron chi connectivity index (χ2n) is 5.20. The Hall–Kier alpha value is -0.340. The molecule has 0 amide bonds. The average molecular weight is 251 g/mol. The van der Waals surface area contributed by atoms with Crippen LogP contribution in [0.15, 0.2) is 5.38 Å². The maximum atomic E-state index is 5.84. The molecule has 0 saturated heterocycles. The Kier molecular flexibility index (Phi) is 5.53. The van der Waals surface area contributed by atoms with Gasteiger partial charge < -0.3 is 5.73 Å². The summed E-state index contributed by atoms with van der Waals surface area (Å²) in [5.41, 5.74) is 8.87. The van der Waals surface area contributed by atoms with E-state index in [1.165, 1.54) is 69.8 Å². The van der Waals surface area contributed by atoms with E-state index in [4.69, 9.17) is 5.73 Å². The van der Waals surface area contributed by atoms with Crippen molar-refractivity contribution in [3.63, 3.8) is 0 Å². The Morgan fingerprint density at radius 1 is 0.882 bits per heavy atom. The van der Waals surface area contributed by atoms with E-state index in [-0.39, 0.29) is 0 Å². The zero-order chi connectivity index (χ0) is 11.9. The number of nitrogens with two attached hydrogens (primary N) is 1. The van der Waals surface area contributed by atoms with Crippen LogP contribution in [-0.4, -0.2) is 0 Å². The number of rotatable bonds is 1. The number of aryl methyl sites for hydroxylation is 1. The Labute approximate surface area is 109 Å². The predicted molar refractivity (Wildman–Crippen MR) is 76.6 cm³/mol. The lowest BCUT2D eigenvalue weighted by atomic mass is 9.98. The monoisotopic (exact) mass is 251 g/mol. The molecule has 0 radical (unpaired) electrons. The minimum absolute atomic E-state index is 0.728. The molecule has 1 aromatic heterocycles. The quantitative estimate of drug-likeness (QED) is 0.785. The number of fused-ring (bicyclic) bond motifs is 1. The molecule has 1 aliphatic carbocycles. The summed E-state index contributed by atoms with van der Waals surface area (Å²) in [7, 11) is 0. The van der Waals surface area contributed by atoms with Crippen LogP contribution >= 0.6 is 11.3 Å². The minimum Gasteiger partial charge on any atom is -0.326 e. The topological polar surface area (TPSA) is 26.0 Å². The molecule has 96 valence electrons. The first-order valence-electron chi connectivity index (χ1n) is 7.20. The van der Waals surface area contributed by atoms with E-state index in [0.717, 1.165) is 6.54 Å². The maximum Gasteiger partial charge on any atom is 0.0189 e. The van der Waals surface area contributed by atoms with Gasteiger partial charge in [-0.2, -0.15) is 0 Å². The molecule has 0 unspecified atom stereocenters. The largest absolute Gasteiger partial charge is 0.326 e. The lowest BCUT2D eigenvalue weighted by Crippen LogP contribution is -2.01. The molecule has 0 atom stereocenters. The summed E-state index contributed by atoms with van der Waals surface area (Å²) < 4.78 is 0. The van der Waals surface area contributed by atoms with E-state index < -0.39 is 0 Å². The van der Waals surface area contributed by atoms with E-state index in [0.29, 0.717) is 0 Å². The van der Waals surface area contributed by atoms with Gasteiger partial charge in [-0.3, -0.25) is 0 Å². The highest BCUT2D eigenvalue weighted by atomic mass is 32.1. The highest BCUT2D eigenvalue weighted by Gasteiger charge is 2.10. The number of thiophene rings is 1. The SMILES string of the molecule is NCc1csc2c1CCCCCCCCCC2. The fraction of sp³-hybridized carbons (Fsp3) is 0.733. The first kappa shape index (κ1) is 13.1. The van der Waals surface area contributed by atoms with E-state index in [1.54, 1.807) is 10.4 Å². The summed E-state index contributed by atoms with van der Waals surface area (Å²) in [6.07, 6.45) is 13.9. The highest BCUT2D eigenvalue weighted by molar-refractivity contribution is 7.10. The van der Waals surface area contributed by atoms with Crippen molar-refractivity contribution in [2.24, 2.45) is 5.73 Å². The van der Waals surface area contributed by atoms with Gasteiger partial charge in [-0.05, 0) is 42.2 Å². The van der Waals surface area contributed by atoms with Crippen molar-refractivity contribution in [3.8, 4) is 0 Å². The molecule has 2 rings (SSSR count). The van der Waals surface area contributed by atoms with Crippen molar-refractivity contribution in [2.75, 3.05) is 0 Å². The van der Waals surface area contributed by atoms with Crippen LogP contribution in [0.5, 0.6) is 0 Å². The van der Waals surface area contributed by atoms with Crippen LogP contribution in [0.25, 0.3) is 0 Å². The Balaban J connectivity index is 2.04. The Morgan fingerprint density at radius 2 is 1.47 bits per heavy atom. The molecule has 1 aliphatic rings. The van der Waals surface area contributed by atoms with E-state index in [1.807, 2.05) is 11.3 Å². The summed E-state index contributed by atoms with van der Waals surface area (Å²) in [5, 5.41) is 2.30. The Bertz CT molecular complexity index is 330. The molecule has 0 aromatic carbocycles. The highest BCUT2D eigenvalue weighted by Crippen LogP contribution is 2.27. The summed E-state index contributed by atoms with van der Waals surface area (Å²) >= 11 is 1.95. The Morgan fingerprint density at radius 3 is 2.12 bits per heavy atom. The fourth-order valence-electron chi connectivity index (χ4n) is 2.79. The van der Waals surface area contributed by atoms with Crippen molar-refractivity contribution < 1.29 is 0 Å².